The molecule has 1 saturated heterocycles. The average Bonchev–Trinajstić information content (AvgIpc) is 2.38. The first-order valence-corrected chi connectivity index (χ1v) is 6.33. The molecule has 0 aromatic rings. The molecule has 1 fully saturated rings. The molecular formula is C11H20N2O9. The zero-order valence-corrected chi connectivity index (χ0v) is 11.7. The van der Waals surface area contributed by atoms with E-state index in [1.165, 1.54) is 0 Å². The average molecular weight is 324 g/mol. The molecule has 1 amide bonds. The van der Waals surface area contributed by atoms with Crippen LogP contribution in [0.4, 0.5) is 0 Å². The smallest absolute Gasteiger partial charge is 0.364 e. The van der Waals surface area contributed by atoms with Gasteiger partial charge in [-0.3, -0.25) is 4.79 Å². The van der Waals surface area contributed by atoms with Crippen molar-refractivity contribution in [2.45, 2.75) is 49.2 Å². The van der Waals surface area contributed by atoms with Crippen LogP contribution in [0.1, 0.15) is 13.3 Å². The van der Waals surface area contributed by atoms with Crippen LogP contribution in [0.5, 0.6) is 0 Å². The number of ether oxygens (including phenoxy) is 1. The predicted octanol–water partition coefficient (Wildman–Crippen LogP) is -4.59. The minimum atomic E-state index is -2.95. The lowest BCUT2D eigenvalue weighted by molar-refractivity contribution is -0.312. The third-order valence-corrected chi connectivity index (χ3v) is 3.33. The number of nitrogens with two attached hydrogens (primary N) is 1. The molecule has 0 spiro atoms. The van der Waals surface area contributed by atoms with Gasteiger partial charge in [0.25, 0.3) is 5.79 Å². The zero-order valence-electron chi connectivity index (χ0n) is 11.7. The summed E-state index contributed by atoms with van der Waals surface area (Å²) in [6, 6.07) is -1.54. The third-order valence-electron chi connectivity index (χ3n) is 3.33. The van der Waals surface area contributed by atoms with Gasteiger partial charge in [0.15, 0.2) is 0 Å². The van der Waals surface area contributed by atoms with Crippen molar-refractivity contribution >= 4 is 11.9 Å². The van der Waals surface area contributed by atoms with Crippen molar-refractivity contribution in [3.63, 3.8) is 0 Å². The number of carboxylic acid groups (broad SMARTS) is 1. The second kappa shape index (κ2) is 6.42. The van der Waals surface area contributed by atoms with Gasteiger partial charge in [-0.1, -0.05) is 0 Å². The first-order chi connectivity index (χ1) is 9.94. The Hall–Kier alpha value is -1.34. The molecule has 6 atom stereocenters. The van der Waals surface area contributed by atoms with Crippen LogP contribution in [0.2, 0.25) is 0 Å². The van der Waals surface area contributed by atoms with E-state index in [1.807, 2.05) is 0 Å². The maximum absolute atomic E-state index is 11.2. The first-order valence-electron chi connectivity index (χ1n) is 6.33. The number of carbonyl (C=O) groups is 2. The highest BCUT2D eigenvalue weighted by Gasteiger charge is 2.59. The molecule has 0 aliphatic carbocycles. The van der Waals surface area contributed by atoms with Crippen LogP contribution in [0, 0.1) is 0 Å². The Balaban J connectivity index is 3.22. The Bertz CT molecular complexity index is 443. The van der Waals surface area contributed by atoms with Gasteiger partial charge < -0.3 is 46.4 Å². The van der Waals surface area contributed by atoms with Crippen LogP contribution in [0.3, 0.4) is 0 Å². The highest BCUT2D eigenvalue weighted by molar-refractivity contribution is 5.76. The lowest BCUT2D eigenvalue weighted by Crippen LogP contribution is -2.75. The number of nitrogens with one attached hydrogen (secondary N) is 1. The summed E-state index contributed by atoms with van der Waals surface area (Å²) in [5.41, 5.74) is 3.08. The number of amides is 1. The van der Waals surface area contributed by atoms with Gasteiger partial charge in [0, 0.05) is 6.92 Å². The van der Waals surface area contributed by atoms with Crippen LogP contribution in [0.15, 0.2) is 0 Å². The number of aliphatic hydroxyl groups is 5. The summed E-state index contributed by atoms with van der Waals surface area (Å²) in [7, 11) is 0. The van der Waals surface area contributed by atoms with Crippen molar-refractivity contribution in [2.24, 2.45) is 5.73 Å². The van der Waals surface area contributed by atoms with Crippen LogP contribution in [-0.2, 0) is 14.3 Å². The van der Waals surface area contributed by atoms with Crippen LogP contribution in [0.25, 0.3) is 0 Å². The fourth-order valence-corrected chi connectivity index (χ4v) is 2.26. The van der Waals surface area contributed by atoms with E-state index in [0.717, 1.165) is 6.92 Å². The van der Waals surface area contributed by atoms with Crippen molar-refractivity contribution in [2.75, 3.05) is 6.61 Å². The molecule has 1 heterocycles. The van der Waals surface area contributed by atoms with E-state index in [2.05, 4.69) is 5.32 Å². The number of hydrogen-bond donors (Lipinski definition) is 8. The standard InChI is InChI=1S/C11H20N2O9/c1-4(15)13-8-7(6(17)5(16)2-14)22-11(21,9(18)19)3-10(8,12)20/h5-8,14,16-17,20-21H,2-3,12H2,1H3,(H,13,15)(H,18,19)/t5-,6-,7+,8+,10+,11?/m1/s1. The second-order valence-corrected chi connectivity index (χ2v) is 5.26. The molecule has 0 aromatic heterocycles. The van der Waals surface area contributed by atoms with Crippen LogP contribution < -0.4 is 11.1 Å². The number of hydrogen-bond acceptors (Lipinski definition) is 9. The topological polar surface area (TPSA) is 203 Å². The number of carbonyl (C=O) groups excluding carboxylic acids is 1. The summed E-state index contributed by atoms with van der Waals surface area (Å²) in [4.78, 5) is 22.3. The molecule has 0 radical (unpaired) electrons. The molecular weight excluding hydrogens is 304 g/mol. The highest BCUT2D eigenvalue weighted by Crippen LogP contribution is 2.34. The van der Waals surface area contributed by atoms with Gasteiger partial charge in [0.05, 0.1) is 13.0 Å². The van der Waals surface area contributed by atoms with E-state index in [1.54, 1.807) is 0 Å². The normalized spacial score (nSPS) is 38.1. The summed E-state index contributed by atoms with van der Waals surface area (Å²) >= 11 is 0. The molecule has 11 nitrogen and oxygen atoms in total. The molecule has 0 saturated carbocycles. The van der Waals surface area contributed by atoms with Crippen LogP contribution >= 0.6 is 0 Å². The minimum Gasteiger partial charge on any atom is -0.477 e. The number of aliphatic carboxylic acids is 1. The van der Waals surface area contributed by atoms with E-state index in [-0.39, 0.29) is 0 Å². The Labute approximate surface area is 124 Å². The Kier molecular flexibility index (Phi) is 5.46. The first kappa shape index (κ1) is 18.7. The Morgan fingerprint density at radius 1 is 1.41 bits per heavy atom. The molecule has 0 bridgehead atoms. The molecule has 1 aliphatic heterocycles. The molecule has 22 heavy (non-hydrogen) atoms. The Morgan fingerprint density at radius 3 is 2.36 bits per heavy atom. The van der Waals surface area contributed by atoms with Crippen LogP contribution in [-0.4, -0.2) is 85.0 Å². The molecule has 9 N–H and O–H groups in total. The monoisotopic (exact) mass is 324 g/mol. The summed E-state index contributed by atoms with van der Waals surface area (Å²) in [5.74, 6) is -5.51. The van der Waals surface area contributed by atoms with Crippen molar-refractivity contribution in [3.05, 3.63) is 0 Å². The van der Waals surface area contributed by atoms with Gasteiger partial charge in [-0.15, -0.1) is 0 Å². The quantitative estimate of drug-likeness (QED) is 0.227. The zero-order chi connectivity index (χ0) is 17.3. The van der Waals surface area contributed by atoms with E-state index >= 15 is 0 Å². The van der Waals surface area contributed by atoms with Crippen molar-refractivity contribution in [1.29, 1.82) is 0 Å². The van der Waals surface area contributed by atoms with E-state index < -0.39 is 60.8 Å². The third kappa shape index (κ3) is 3.70. The van der Waals surface area contributed by atoms with Crippen molar-refractivity contribution in [3.8, 4) is 0 Å². The van der Waals surface area contributed by atoms with E-state index in [0.29, 0.717) is 0 Å². The molecule has 0 aromatic carbocycles. The van der Waals surface area contributed by atoms with Gasteiger partial charge in [0.1, 0.15) is 30.1 Å². The van der Waals surface area contributed by atoms with E-state index in [4.69, 9.17) is 20.7 Å². The highest BCUT2D eigenvalue weighted by atomic mass is 16.7. The predicted molar refractivity (Wildman–Crippen MR) is 67.9 cm³/mol. The number of rotatable bonds is 5. The van der Waals surface area contributed by atoms with Gasteiger partial charge in [0.2, 0.25) is 5.91 Å². The Morgan fingerprint density at radius 2 is 1.95 bits per heavy atom. The lowest BCUT2D eigenvalue weighted by atomic mass is 9.84. The van der Waals surface area contributed by atoms with Crippen molar-refractivity contribution < 1.29 is 45.0 Å². The molecule has 1 aliphatic rings. The summed E-state index contributed by atoms with van der Waals surface area (Å²) in [6.07, 6.45) is -6.52. The fourth-order valence-electron chi connectivity index (χ4n) is 2.26. The summed E-state index contributed by atoms with van der Waals surface area (Å²) in [6.45, 7) is 0.155. The fraction of sp³-hybridized carbons (Fsp3) is 0.818. The summed E-state index contributed by atoms with van der Waals surface area (Å²) in [5, 5.41) is 59.4. The van der Waals surface area contributed by atoms with Gasteiger partial charge >= 0.3 is 5.97 Å². The minimum absolute atomic E-state index is 0.686. The van der Waals surface area contributed by atoms with Gasteiger partial charge in [-0.25, -0.2) is 4.79 Å². The molecule has 1 rings (SSSR count). The summed E-state index contributed by atoms with van der Waals surface area (Å²) < 4.78 is 4.85. The molecule has 11 heteroatoms. The van der Waals surface area contributed by atoms with Gasteiger partial charge in [-0.05, 0) is 0 Å². The van der Waals surface area contributed by atoms with Crippen molar-refractivity contribution in [1.82, 2.24) is 5.32 Å². The maximum atomic E-state index is 11.2. The lowest BCUT2D eigenvalue weighted by Gasteiger charge is -2.49. The number of carboxylic acids is 1. The molecule has 1 unspecified atom stereocenters. The molecule has 128 valence electrons. The second-order valence-electron chi connectivity index (χ2n) is 5.26. The van der Waals surface area contributed by atoms with E-state index in [9.17, 15) is 30.0 Å². The largest absolute Gasteiger partial charge is 0.477 e. The van der Waals surface area contributed by atoms with Gasteiger partial charge in [-0.2, -0.15) is 0 Å². The number of aliphatic hydroxyl groups excluding tert-OH is 3. The SMILES string of the molecule is CC(=O)N[C@H]1[C@H]([C@H](O)[C@H](O)CO)OC(O)(C(=O)O)C[C@]1(N)O. The maximum Gasteiger partial charge on any atom is 0.364 e.